The number of benzene rings is 2. The summed E-state index contributed by atoms with van der Waals surface area (Å²) in [5, 5.41) is 9.06. The smallest absolute Gasteiger partial charge is 0.197 e. The van der Waals surface area contributed by atoms with Crippen LogP contribution >= 0.6 is 0 Å². The Labute approximate surface area is 138 Å². The summed E-state index contributed by atoms with van der Waals surface area (Å²) in [6.07, 6.45) is 0.423. The van der Waals surface area contributed by atoms with E-state index >= 15 is 0 Å². The Bertz CT molecular complexity index is 618. The first-order chi connectivity index (χ1) is 10.9. The van der Waals surface area contributed by atoms with Crippen molar-refractivity contribution >= 4 is 0 Å². The van der Waals surface area contributed by atoms with Crippen molar-refractivity contribution < 1.29 is 9.52 Å². The quantitative estimate of drug-likeness (QED) is 0.720. The van der Waals surface area contributed by atoms with Gasteiger partial charge in [-0.15, -0.1) is 0 Å². The van der Waals surface area contributed by atoms with Crippen LogP contribution < -0.4 is 0 Å². The Kier molecular flexibility index (Phi) is 7.78. The van der Waals surface area contributed by atoms with E-state index < -0.39 is 0 Å². The van der Waals surface area contributed by atoms with E-state index in [1.54, 1.807) is 0 Å². The third kappa shape index (κ3) is 4.54. The maximum atomic E-state index is 9.06. The molecule has 3 heteroatoms. The maximum absolute atomic E-state index is 9.06. The minimum Gasteiger partial charge on any atom is -0.440 e. The molecule has 0 aliphatic carbocycles. The summed E-state index contributed by atoms with van der Waals surface area (Å²) in [5.41, 5.74) is 2.82. The number of aromatic nitrogens is 1. The molecule has 0 saturated heterocycles. The van der Waals surface area contributed by atoms with Gasteiger partial charge in [0.05, 0.1) is 6.61 Å². The van der Waals surface area contributed by atoms with Gasteiger partial charge in [-0.3, -0.25) is 0 Å². The van der Waals surface area contributed by atoms with E-state index in [1.165, 1.54) is 0 Å². The molecule has 122 valence electrons. The van der Waals surface area contributed by atoms with Crippen LogP contribution in [0.1, 0.15) is 27.2 Å². The molecule has 0 unspecified atom stereocenters. The van der Waals surface area contributed by atoms with Gasteiger partial charge in [-0.1, -0.05) is 81.9 Å². The molecule has 0 fully saturated rings. The molecule has 0 radical (unpaired) electrons. The Morgan fingerprint density at radius 1 is 0.870 bits per heavy atom. The number of rotatable bonds is 4. The predicted molar refractivity (Wildman–Crippen MR) is 96.2 cm³/mol. The highest BCUT2D eigenvalue weighted by molar-refractivity contribution is 5.76. The lowest BCUT2D eigenvalue weighted by atomic mass is 10.1. The number of oxazole rings is 1. The normalized spacial score (nSPS) is 9.52. The van der Waals surface area contributed by atoms with Crippen LogP contribution in [0.3, 0.4) is 0 Å². The fourth-order valence-electron chi connectivity index (χ4n) is 2.14. The first-order valence-corrected chi connectivity index (χ1v) is 7.60. The largest absolute Gasteiger partial charge is 0.440 e. The Balaban J connectivity index is 0.000000849. The summed E-state index contributed by atoms with van der Waals surface area (Å²) in [4.78, 5) is 4.52. The standard InChI is InChI=1S/C17H15NO2.C2H6.CH4/c19-12-11-15-18-16(13-7-3-1-4-8-13)17(20-15)14-9-5-2-6-10-14;1-2;/h1-10,19H,11-12H2;1-2H3;1H4. The zero-order valence-electron chi connectivity index (χ0n) is 13.0. The average molecular weight is 311 g/mol. The second-order valence-corrected chi connectivity index (χ2v) is 4.49. The van der Waals surface area contributed by atoms with E-state index in [-0.39, 0.29) is 14.0 Å². The molecule has 0 aliphatic rings. The first kappa shape index (κ1) is 18.7. The van der Waals surface area contributed by atoms with Crippen molar-refractivity contribution in [3.63, 3.8) is 0 Å². The molecule has 1 N–H and O–H groups in total. The predicted octanol–water partition coefficient (Wildman–Crippen LogP) is 5.21. The molecule has 0 aliphatic heterocycles. The molecule has 0 saturated carbocycles. The molecule has 3 nitrogen and oxygen atoms in total. The van der Waals surface area contributed by atoms with Crippen molar-refractivity contribution in [2.45, 2.75) is 27.7 Å². The highest BCUT2D eigenvalue weighted by Crippen LogP contribution is 2.32. The van der Waals surface area contributed by atoms with Gasteiger partial charge in [0.15, 0.2) is 11.7 Å². The van der Waals surface area contributed by atoms with Gasteiger partial charge in [0.1, 0.15) is 5.69 Å². The minimum atomic E-state index is 0. The highest BCUT2D eigenvalue weighted by atomic mass is 16.4. The van der Waals surface area contributed by atoms with E-state index in [0.29, 0.717) is 12.3 Å². The summed E-state index contributed by atoms with van der Waals surface area (Å²) in [6.45, 7) is 4.03. The van der Waals surface area contributed by atoms with Gasteiger partial charge >= 0.3 is 0 Å². The van der Waals surface area contributed by atoms with Crippen LogP contribution in [0.2, 0.25) is 0 Å². The number of hydrogen-bond donors (Lipinski definition) is 1. The average Bonchev–Trinajstić information content (AvgIpc) is 3.03. The van der Waals surface area contributed by atoms with E-state index in [0.717, 1.165) is 22.6 Å². The van der Waals surface area contributed by atoms with Gasteiger partial charge in [-0.2, -0.15) is 0 Å². The van der Waals surface area contributed by atoms with E-state index in [4.69, 9.17) is 9.52 Å². The minimum absolute atomic E-state index is 0. The monoisotopic (exact) mass is 311 g/mol. The number of aliphatic hydroxyl groups is 1. The zero-order chi connectivity index (χ0) is 15.8. The maximum Gasteiger partial charge on any atom is 0.197 e. The topological polar surface area (TPSA) is 46.3 Å². The van der Waals surface area contributed by atoms with Crippen molar-refractivity contribution in [2.24, 2.45) is 0 Å². The molecule has 0 atom stereocenters. The van der Waals surface area contributed by atoms with Crippen molar-refractivity contribution in [3.05, 3.63) is 66.6 Å². The molecule has 1 aromatic heterocycles. The van der Waals surface area contributed by atoms with E-state index in [1.807, 2.05) is 74.5 Å². The third-order valence-corrected chi connectivity index (χ3v) is 3.08. The van der Waals surface area contributed by atoms with Gasteiger partial charge in [0.2, 0.25) is 0 Å². The molecule has 0 amide bonds. The lowest BCUT2D eigenvalue weighted by Crippen LogP contribution is -1.89. The first-order valence-electron chi connectivity index (χ1n) is 7.60. The van der Waals surface area contributed by atoms with Crippen LogP contribution in [0, 0.1) is 0 Å². The van der Waals surface area contributed by atoms with Crippen LogP contribution in [0.5, 0.6) is 0 Å². The third-order valence-electron chi connectivity index (χ3n) is 3.08. The van der Waals surface area contributed by atoms with Crippen LogP contribution in [-0.2, 0) is 6.42 Å². The van der Waals surface area contributed by atoms with Crippen LogP contribution in [0.4, 0.5) is 0 Å². The second kappa shape index (κ2) is 9.59. The Morgan fingerprint density at radius 3 is 1.91 bits per heavy atom. The molecular formula is C20H25NO2. The zero-order valence-corrected chi connectivity index (χ0v) is 13.0. The molecule has 3 aromatic rings. The van der Waals surface area contributed by atoms with E-state index in [9.17, 15) is 0 Å². The fraction of sp³-hybridized carbons (Fsp3) is 0.250. The summed E-state index contributed by atoms with van der Waals surface area (Å²) >= 11 is 0. The van der Waals surface area contributed by atoms with Crippen LogP contribution in [0.25, 0.3) is 22.6 Å². The van der Waals surface area contributed by atoms with Crippen molar-refractivity contribution in [1.82, 2.24) is 4.98 Å². The fourth-order valence-corrected chi connectivity index (χ4v) is 2.14. The van der Waals surface area contributed by atoms with E-state index in [2.05, 4.69) is 4.98 Å². The van der Waals surface area contributed by atoms with Gasteiger partial charge in [-0.05, 0) is 0 Å². The summed E-state index contributed by atoms with van der Waals surface area (Å²) in [7, 11) is 0. The lowest BCUT2D eigenvalue weighted by molar-refractivity contribution is 0.285. The summed E-state index contributed by atoms with van der Waals surface area (Å²) < 4.78 is 5.82. The van der Waals surface area contributed by atoms with Crippen LogP contribution in [0.15, 0.2) is 65.1 Å². The number of nitrogens with zero attached hydrogens (tertiary/aromatic N) is 1. The summed E-state index contributed by atoms with van der Waals surface area (Å²) in [5.74, 6) is 1.31. The molecule has 0 bridgehead atoms. The summed E-state index contributed by atoms with van der Waals surface area (Å²) in [6, 6.07) is 19.8. The number of hydrogen-bond acceptors (Lipinski definition) is 3. The Hall–Kier alpha value is -2.39. The number of aliphatic hydroxyl groups excluding tert-OH is 1. The lowest BCUT2D eigenvalue weighted by Gasteiger charge is -2.00. The SMILES string of the molecule is C.CC.OCCc1nc(-c2ccccc2)c(-c2ccccc2)o1. The van der Waals surface area contributed by atoms with Crippen molar-refractivity contribution in [1.29, 1.82) is 0 Å². The van der Waals surface area contributed by atoms with Gasteiger partial charge < -0.3 is 9.52 Å². The van der Waals surface area contributed by atoms with Crippen molar-refractivity contribution in [3.8, 4) is 22.6 Å². The van der Waals surface area contributed by atoms with Gasteiger partial charge in [0, 0.05) is 17.5 Å². The van der Waals surface area contributed by atoms with Gasteiger partial charge in [-0.25, -0.2) is 4.98 Å². The van der Waals surface area contributed by atoms with Crippen molar-refractivity contribution in [2.75, 3.05) is 6.61 Å². The molecular weight excluding hydrogens is 286 g/mol. The van der Waals surface area contributed by atoms with Gasteiger partial charge in [0.25, 0.3) is 0 Å². The Morgan fingerprint density at radius 2 is 1.39 bits per heavy atom. The highest BCUT2D eigenvalue weighted by Gasteiger charge is 2.16. The van der Waals surface area contributed by atoms with Crippen LogP contribution in [-0.4, -0.2) is 16.7 Å². The molecule has 0 spiro atoms. The molecule has 23 heavy (non-hydrogen) atoms. The molecule has 2 aromatic carbocycles. The molecule has 1 heterocycles. The second-order valence-electron chi connectivity index (χ2n) is 4.49. The molecule has 3 rings (SSSR count).